The molecule has 1 heterocycles. The van der Waals surface area contributed by atoms with Gasteiger partial charge in [0.1, 0.15) is 0 Å². The Morgan fingerprint density at radius 1 is 1.53 bits per heavy atom. The van der Waals surface area contributed by atoms with Gasteiger partial charge in [-0.05, 0) is 42.7 Å². The van der Waals surface area contributed by atoms with Crippen molar-refractivity contribution in [3.05, 3.63) is 30.1 Å². The van der Waals surface area contributed by atoms with E-state index in [1.165, 1.54) is 19.3 Å². The number of hydrogen-bond donors (Lipinski definition) is 2. The Morgan fingerprint density at radius 2 is 2.41 bits per heavy atom. The zero-order valence-electron chi connectivity index (χ0n) is 10.0. The van der Waals surface area contributed by atoms with E-state index in [0.29, 0.717) is 12.5 Å². The van der Waals surface area contributed by atoms with Crippen LogP contribution >= 0.6 is 0 Å². The molecule has 3 rings (SSSR count). The van der Waals surface area contributed by atoms with Gasteiger partial charge in [-0.25, -0.2) is 0 Å². The predicted octanol–water partition coefficient (Wildman–Crippen LogP) is 1.88. The summed E-state index contributed by atoms with van der Waals surface area (Å²) in [5.41, 5.74) is 6.84. The first kappa shape index (κ1) is 11.2. The highest BCUT2D eigenvalue weighted by Crippen LogP contribution is 2.60. The first-order valence-corrected chi connectivity index (χ1v) is 6.54. The Labute approximate surface area is 102 Å². The Hall–Kier alpha value is -0.930. The fraction of sp³-hybridized carbons (Fsp3) is 0.643. The summed E-state index contributed by atoms with van der Waals surface area (Å²) in [6.45, 7) is 0.588. The van der Waals surface area contributed by atoms with Gasteiger partial charge in [-0.15, -0.1) is 0 Å². The molecule has 92 valence electrons. The van der Waals surface area contributed by atoms with Crippen molar-refractivity contribution in [2.24, 2.45) is 23.0 Å². The van der Waals surface area contributed by atoms with E-state index in [1.54, 1.807) is 12.4 Å². The van der Waals surface area contributed by atoms with Crippen molar-refractivity contribution in [2.45, 2.75) is 31.8 Å². The van der Waals surface area contributed by atoms with Crippen molar-refractivity contribution >= 4 is 0 Å². The van der Waals surface area contributed by atoms with Crippen molar-refractivity contribution in [2.75, 3.05) is 6.54 Å². The first-order chi connectivity index (χ1) is 8.26. The minimum atomic E-state index is -0.448. The summed E-state index contributed by atoms with van der Waals surface area (Å²) in [6, 6.07) is 3.84. The monoisotopic (exact) mass is 232 g/mol. The van der Waals surface area contributed by atoms with E-state index in [4.69, 9.17) is 5.73 Å². The molecular formula is C14H20N2O. The quantitative estimate of drug-likeness (QED) is 0.836. The number of pyridine rings is 1. The maximum Gasteiger partial charge on any atom is 0.0875 e. The number of aromatic nitrogens is 1. The molecule has 3 N–H and O–H groups in total. The van der Waals surface area contributed by atoms with E-state index in [1.807, 2.05) is 12.1 Å². The number of nitrogens with two attached hydrogens (primary N) is 1. The molecule has 0 aliphatic heterocycles. The molecular weight excluding hydrogens is 212 g/mol. The Bertz CT molecular complexity index is 394. The van der Waals surface area contributed by atoms with Gasteiger partial charge in [0.05, 0.1) is 6.10 Å². The molecule has 4 unspecified atom stereocenters. The largest absolute Gasteiger partial charge is 0.388 e. The van der Waals surface area contributed by atoms with Gasteiger partial charge < -0.3 is 10.8 Å². The molecule has 2 bridgehead atoms. The number of rotatable bonds is 3. The predicted molar refractivity (Wildman–Crippen MR) is 66.1 cm³/mol. The number of aliphatic hydroxyl groups excluding tert-OH is 1. The molecule has 2 aliphatic rings. The molecule has 3 nitrogen and oxygen atoms in total. The van der Waals surface area contributed by atoms with Crippen molar-refractivity contribution in [3.63, 3.8) is 0 Å². The highest BCUT2D eigenvalue weighted by atomic mass is 16.3. The highest BCUT2D eigenvalue weighted by molar-refractivity contribution is 5.18. The molecule has 2 saturated carbocycles. The van der Waals surface area contributed by atoms with E-state index in [2.05, 4.69) is 4.98 Å². The van der Waals surface area contributed by atoms with Crippen LogP contribution in [0.3, 0.4) is 0 Å². The zero-order chi connectivity index (χ0) is 11.9. The molecule has 0 saturated heterocycles. The molecule has 4 atom stereocenters. The van der Waals surface area contributed by atoms with Crippen LogP contribution in [0.2, 0.25) is 0 Å². The fourth-order valence-corrected chi connectivity index (χ4v) is 4.05. The van der Waals surface area contributed by atoms with Gasteiger partial charge in [0, 0.05) is 24.4 Å². The second-order valence-corrected chi connectivity index (χ2v) is 5.71. The first-order valence-electron chi connectivity index (χ1n) is 6.54. The van der Waals surface area contributed by atoms with E-state index in [0.717, 1.165) is 17.9 Å². The summed E-state index contributed by atoms with van der Waals surface area (Å²) in [7, 11) is 0. The van der Waals surface area contributed by atoms with Crippen LogP contribution in [0, 0.1) is 17.3 Å². The third-order valence-electron chi connectivity index (χ3n) is 4.95. The van der Waals surface area contributed by atoms with Gasteiger partial charge in [0.15, 0.2) is 0 Å². The normalized spacial score (nSPS) is 37.3. The van der Waals surface area contributed by atoms with Crippen LogP contribution in [0.1, 0.15) is 37.4 Å². The summed E-state index contributed by atoms with van der Waals surface area (Å²) in [4.78, 5) is 4.10. The maximum absolute atomic E-state index is 10.7. The van der Waals surface area contributed by atoms with E-state index >= 15 is 0 Å². The lowest BCUT2D eigenvalue weighted by Crippen LogP contribution is -2.41. The summed E-state index contributed by atoms with van der Waals surface area (Å²) >= 11 is 0. The summed E-state index contributed by atoms with van der Waals surface area (Å²) in [6.07, 6.45) is 7.97. The molecule has 17 heavy (non-hydrogen) atoms. The van der Waals surface area contributed by atoms with E-state index in [9.17, 15) is 5.11 Å². The second-order valence-electron chi connectivity index (χ2n) is 5.71. The van der Waals surface area contributed by atoms with Crippen molar-refractivity contribution in [3.8, 4) is 0 Å². The highest BCUT2D eigenvalue weighted by Gasteiger charge is 2.54. The molecule has 1 aromatic rings. The minimum Gasteiger partial charge on any atom is -0.388 e. The van der Waals surface area contributed by atoms with Crippen LogP contribution < -0.4 is 5.73 Å². The Kier molecular flexibility index (Phi) is 2.68. The molecule has 2 fully saturated rings. The lowest BCUT2D eigenvalue weighted by molar-refractivity contribution is -0.0132. The van der Waals surface area contributed by atoms with Crippen molar-refractivity contribution in [1.29, 1.82) is 0 Å². The molecule has 0 aromatic carbocycles. The zero-order valence-corrected chi connectivity index (χ0v) is 10.0. The average molecular weight is 232 g/mol. The molecule has 2 aliphatic carbocycles. The third kappa shape index (κ3) is 1.60. The Morgan fingerprint density at radius 3 is 2.94 bits per heavy atom. The standard InChI is InChI=1S/C14H20N2O/c15-9-14(7-10-3-4-12(14)6-10)13(17)11-2-1-5-16-8-11/h1-2,5,8,10,12-13,17H,3-4,6-7,9,15H2. The summed E-state index contributed by atoms with van der Waals surface area (Å²) in [5, 5.41) is 10.7. The van der Waals surface area contributed by atoms with Crippen LogP contribution in [-0.2, 0) is 0 Å². The van der Waals surface area contributed by atoms with Gasteiger partial charge in [-0.2, -0.15) is 0 Å². The van der Waals surface area contributed by atoms with Gasteiger partial charge in [0.25, 0.3) is 0 Å². The third-order valence-corrected chi connectivity index (χ3v) is 4.95. The van der Waals surface area contributed by atoms with E-state index < -0.39 is 6.10 Å². The second kappa shape index (κ2) is 4.07. The lowest BCUT2D eigenvalue weighted by Gasteiger charge is -2.41. The number of fused-ring (bicyclic) bond motifs is 2. The Balaban J connectivity index is 1.91. The van der Waals surface area contributed by atoms with Crippen LogP contribution in [-0.4, -0.2) is 16.6 Å². The maximum atomic E-state index is 10.7. The lowest BCUT2D eigenvalue weighted by atomic mass is 9.67. The van der Waals surface area contributed by atoms with Crippen molar-refractivity contribution in [1.82, 2.24) is 4.98 Å². The molecule has 0 spiro atoms. The van der Waals surface area contributed by atoms with E-state index in [-0.39, 0.29) is 5.41 Å². The SMILES string of the molecule is NCC1(C(O)c2cccnc2)CC2CCC1C2. The average Bonchev–Trinajstić information content (AvgIpc) is 2.99. The minimum absolute atomic E-state index is 0.0913. The molecule has 0 radical (unpaired) electrons. The smallest absolute Gasteiger partial charge is 0.0875 e. The van der Waals surface area contributed by atoms with Gasteiger partial charge in [-0.3, -0.25) is 4.98 Å². The van der Waals surface area contributed by atoms with Gasteiger partial charge in [0.2, 0.25) is 0 Å². The van der Waals surface area contributed by atoms with Crippen LogP contribution in [0.25, 0.3) is 0 Å². The molecule has 3 heteroatoms. The number of hydrogen-bond acceptors (Lipinski definition) is 3. The molecule has 1 aromatic heterocycles. The summed E-state index contributed by atoms with van der Waals surface area (Å²) < 4.78 is 0. The van der Waals surface area contributed by atoms with Gasteiger partial charge in [-0.1, -0.05) is 12.5 Å². The van der Waals surface area contributed by atoms with Crippen LogP contribution in [0.15, 0.2) is 24.5 Å². The van der Waals surface area contributed by atoms with Crippen LogP contribution in [0.4, 0.5) is 0 Å². The summed E-state index contributed by atoms with van der Waals surface area (Å²) in [5.74, 6) is 1.39. The molecule has 0 amide bonds. The number of aliphatic hydroxyl groups is 1. The topological polar surface area (TPSA) is 59.1 Å². The fourth-order valence-electron chi connectivity index (χ4n) is 4.05. The number of nitrogens with zero attached hydrogens (tertiary/aromatic N) is 1. The van der Waals surface area contributed by atoms with Crippen molar-refractivity contribution < 1.29 is 5.11 Å². The van der Waals surface area contributed by atoms with Gasteiger partial charge >= 0.3 is 0 Å². The van der Waals surface area contributed by atoms with Crippen LogP contribution in [0.5, 0.6) is 0 Å².